The fourth-order valence-corrected chi connectivity index (χ4v) is 3.50. The second kappa shape index (κ2) is 4.58. The third-order valence-electron chi connectivity index (χ3n) is 2.66. The Balaban J connectivity index is 2.49. The maximum Gasteiger partial charge on any atom is 0.137 e. The molecule has 0 spiro atoms. The van der Waals surface area contributed by atoms with Crippen molar-refractivity contribution in [3.8, 4) is 0 Å². The molecule has 0 N–H and O–H groups in total. The van der Waals surface area contributed by atoms with Gasteiger partial charge in [0.15, 0.2) is 0 Å². The van der Waals surface area contributed by atoms with Crippen LogP contribution in [-0.4, -0.2) is 29.7 Å². The Bertz CT molecular complexity index is 504. The summed E-state index contributed by atoms with van der Waals surface area (Å²) < 4.78 is 7.82. The Labute approximate surface area is 103 Å². The predicted molar refractivity (Wildman–Crippen MR) is 71.5 cm³/mol. The van der Waals surface area contributed by atoms with Crippen LogP contribution in [0.15, 0.2) is 24.3 Å². The maximum atomic E-state index is 5.88. The van der Waals surface area contributed by atoms with E-state index in [1.165, 1.54) is 0 Å². The van der Waals surface area contributed by atoms with Crippen LogP contribution in [0, 0.1) is 0 Å². The highest BCUT2D eigenvalue weighted by Gasteiger charge is 2.31. The van der Waals surface area contributed by atoms with E-state index < -0.39 is 8.07 Å². The van der Waals surface area contributed by atoms with Crippen LogP contribution < -0.4 is 0 Å². The highest BCUT2D eigenvalue weighted by atomic mass is 28.3. The lowest BCUT2D eigenvalue weighted by Gasteiger charge is -2.28. The van der Waals surface area contributed by atoms with Gasteiger partial charge in [-0.15, -0.1) is 5.10 Å². The molecule has 17 heavy (non-hydrogen) atoms. The number of aromatic nitrogens is 3. The van der Waals surface area contributed by atoms with Crippen LogP contribution in [0.3, 0.4) is 0 Å². The molecule has 1 aromatic heterocycles. The molecule has 0 saturated carbocycles. The molecule has 2 rings (SSSR count). The lowest BCUT2D eigenvalue weighted by molar-refractivity contribution is 0.0567. The highest BCUT2D eigenvalue weighted by Crippen LogP contribution is 2.25. The molecular weight excluding hydrogens is 230 g/mol. The van der Waals surface area contributed by atoms with Crippen LogP contribution in [0.4, 0.5) is 0 Å². The molecular formula is C12H19N3OSi. The van der Waals surface area contributed by atoms with E-state index in [9.17, 15) is 0 Å². The zero-order valence-electron chi connectivity index (χ0n) is 10.8. The predicted octanol–water partition coefficient (Wildman–Crippen LogP) is 2.84. The Hall–Kier alpha value is -1.20. The standard InChI is InChI=1S/C12H19N3OSi/c1-5-16-12(17(2,3)4)15-11-9-7-6-8-10(11)13-14-15/h6-9,12H,5H2,1-4H3. The highest BCUT2D eigenvalue weighted by molar-refractivity contribution is 6.76. The van der Waals surface area contributed by atoms with Crippen molar-refractivity contribution in [2.45, 2.75) is 32.4 Å². The fraction of sp³-hybridized carbons (Fsp3) is 0.500. The zero-order valence-corrected chi connectivity index (χ0v) is 11.8. The van der Waals surface area contributed by atoms with Crippen molar-refractivity contribution < 1.29 is 4.74 Å². The molecule has 1 atom stereocenters. The summed E-state index contributed by atoms with van der Waals surface area (Å²) in [7, 11) is -1.49. The van der Waals surface area contributed by atoms with Gasteiger partial charge >= 0.3 is 0 Å². The number of fused-ring (bicyclic) bond motifs is 1. The van der Waals surface area contributed by atoms with Gasteiger partial charge in [-0.2, -0.15) is 0 Å². The third-order valence-corrected chi connectivity index (χ3v) is 4.56. The number of para-hydroxylation sites is 1. The van der Waals surface area contributed by atoms with Crippen molar-refractivity contribution in [2.75, 3.05) is 6.61 Å². The van der Waals surface area contributed by atoms with Crippen LogP contribution in [0.25, 0.3) is 11.0 Å². The van der Waals surface area contributed by atoms with Gasteiger partial charge in [0.2, 0.25) is 0 Å². The first-order valence-corrected chi connectivity index (χ1v) is 9.53. The van der Waals surface area contributed by atoms with Crippen LogP contribution in [-0.2, 0) is 4.74 Å². The van der Waals surface area contributed by atoms with Crippen molar-refractivity contribution in [3.63, 3.8) is 0 Å². The van der Waals surface area contributed by atoms with Gasteiger partial charge in [0.05, 0.1) is 5.52 Å². The molecule has 1 heterocycles. The number of benzene rings is 1. The third kappa shape index (κ3) is 2.40. The van der Waals surface area contributed by atoms with E-state index in [1.54, 1.807) is 0 Å². The summed E-state index contributed by atoms with van der Waals surface area (Å²) in [5.74, 6) is 0.0416. The van der Waals surface area contributed by atoms with Gasteiger partial charge in [-0.05, 0) is 19.1 Å². The molecule has 0 amide bonds. The van der Waals surface area contributed by atoms with E-state index in [0.29, 0.717) is 6.61 Å². The van der Waals surface area contributed by atoms with Crippen molar-refractivity contribution in [2.24, 2.45) is 0 Å². The average Bonchev–Trinajstić information content (AvgIpc) is 2.68. The van der Waals surface area contributed by atoms with Gasteiger partial charge in [0.1, 0.15) is 19.4 Å². The normalized spacial score (nSPS) is 14.1. The van der Waals surface area contributed by atoms with Gasteiger partial charge < -0.3 is 4.74 Å². The molecule has 0 bridgehead atoms. The second-order valence-corrected chi connectivity index (χ2v) is 10.4. The quantitative estimate of drug-likeness (QED) is 0.782. The Kier molecular flexibility index (Phi) is 3.30. The van der Waals surface area contributed by atoms with Crippen LogP contribution in [0.1, 0.15) is 12.8 Å². The molecule has 0 fully saturated rings. The minimum Gasteiger partial charge on any atom is -0.360 e. The van der Waals surface area contributed by atoms with E-state index in [4.69, 9.17) is 4.74 Å². The van der Waals surface area contributed by atoms with Crippen molar-refractivity contribution in [1.82, 2.24) is 15.0 Å². The monoisotopic (exact) mass is 249 g/mol. The van der Waals surface area contributed by atoms with Gasteiger partial charge in [-0.25, -0.2) is 4.68 Å². The van der Waals surface area contributed by atoms with Crippen molar-refractivity contribution >= 4 is 19.1 Å². The first kappa shape index (κ1) is 12.3. The first-order chi connectivity index (χ1) is 8.04. The minimum absolute atomic E-state index is 0.0416. The van der Waals surface area contributed by atoms with E-state index >= 15 is 0 Å². The SMILES string of the molecule is CCOC(n1nnc2ccccc21)[Si](C)(C)C. The largest absolute Gasteiger partial charge is 0.360 e. The molecule has 92 valence electrons. The summed E-state index contributed by atoms with van der Waals surface area (Å²) in [5, 5.41) is 8.45. The van der Waals surface area contributed by atoms with E-state index in [-0.39, 0.29) is 5.85 Å². The molecule has 0 aliphatic heterocycles. The van der Waals surface area contributed by atoms with Gasteiger partial charge in [0.25, 0.3) is 0 Å². The topological polar surface area (TPSA) is 39.9 Å². The number of ether oxygens (including phenoxy) is 1. The molecule has 0 aliphatic rings. The molecule has 4 nitrogen and oxygen atoms in total. The van der Waals surface area contributed by atoms with Crippen LogP contribution in [0.5, 0.6) is 0 Å². The fourth-order valence-electron chi connectivity index (χ4n) is 1.91. The van der Waals surface area contributed by atoms with E-state index in [1.807, 2.05) is 35.9 Å². The van der Waals surface area contributed by atoms with Gasteiger partial charge in [-0.3, -0.25) is 0 Å². The number of rotatable bonds is 4. The summed E-state index contributed by atoms with van der Waals surface area (Å²) in [6.45, 7) is 9.56. The Morgan fingerprint density at radius 3 is 2.65 bits per heavy atom. The molecule has 0 aliphatic carbocycles. The summed E-state index contributed by atoms with van der Waals surface area (Å²) in [6.07, 6.45) is 0. The van der Waals surface area contributed by atoms with Gasteiger partial charge in [0, 0.05) is 6.61 Å². The molecule has 0 radical (unpaired) electrons. The maximum absolute atomic E-state index is 5.88. The molecule has 0 saturated heterocycles. The smallest absolute Gasteiger partial charge is 0.137 e. The first-order valence-electron chi connectivity index (χ1n) is 5.95. The number of hydrogen-bond donors (Lipinski definition) is 0. The lowest BCUT2D eigenvalue weighted by Crippen LogP contribution is -2.37. The molecule has 5 heteroatoms. The Morgan fingerprint density at radius 1 is 1.29 bits per heavy atom. The lowest BCUT2D eigenvalue weighted by atomic mass is 10.3. The average molecular weight is 249 g/mol. The summed E-state index contributed by atoms with van der Waals surface area (Å²) in [6, 6.07) is 8.01. The summed E-state index contributed by atoms with van der Waals surface area (Å²) in [4.78, 5) is 0. The number of nitrogens with zero attached hydrogens (tertiary/aromatic N) is 3. The van der Waals surface area contributed by atoms with Crippen molar-refractivity contribution in [1.29, 1.82) is 0 Å². The van der Waals surface area contributed by atoms with Crippen LogP contribution in [0.2, 0.25) is 19.6 Å². The summed E-state index contributed by atoms with van der Waals surface area (Å²) in [5.41, 5.74) is 1.98. The zero-order chi connectivity index (χ0) is 12.5. The number of hydrogen-bond acceptors (Lipinski definition) is 3. The molecule has 2 aromatic rings. The Morgan fingerprint density at radius 2 is 2.00 bits per heavy atom. The van der Waals surface area contributed by atoms with E-state index in [0.717, 1.165) is 11.0 Å². The minimum atomic E-state index is -1.49. The van der Waals surface area contributed by atoms with Crippen LogP contribution >= 0.6 is 0 Å². The molecule has 1 unspecified atom stereocenters. The molecule has 1 aromatic carbocycles. The second-order valence-electron chi connectivity index (χ2n) is 5.20. The summed E-state index contributed by atoms with van der Waals surface area (Å²) >= 11 is 0. The van der Waals surface area contributed by atoms with E-state index in [2.05, 4.69) is 30.0 Å². The van der Waals surface area contributed by atoms with Crippen molar-refractivity contribution in [3.05, 3.63) is 24.3 Å². The van der Waals surface area contributed by atoms with Gasteiger partial charge in [-0.1, -0.05) is 37.0 Å².